The number of anilines is 2. The van der Waals surface area contributed by atoms with Gasteiger partial charge in [0.15, 0.2) is 0 Å². The molecule has 2 aliphatic rings. The molecule has 2 fully saturated rings. The van der Waals surface area contributed by atoms with E-state index in [4.69, 9.17) is 4.74 Å². The zero-order valence-electron chi connectivity index (χ0n) is 14.6. The molecule has 2 unspecified atom stereocenters. The molecule has 0 saturated carbocycles. The number of rotatable bonds is 5. The van der Waals surface area contributed by atoms with Gasteiger partial charge in [-0.2, -0.15) is 4.98 Å². The second-order valence-corrected chi connectivity index (χ2v) is 7.01. The molecule has 6 heteroatoms. The Morgan fingerprint density at radius 3 is 2.91 bits per heavy atom. The fraction of sp³-hybridized carbons (Fsp3) is 0.765. The molecular formula is C17H29N5O. The smallest absolute Gasteiger partial charge is 0.226 e. The third-order valence-corrected chi connectivity index (χ3v) is 4.96. The van der Waals surface area contributed by atoms with Gasteiger partial charge in [0.05, 0.1) is 6.61 Å². The molecule has 2 aliphatic heterocycles. The van der Waals surface area contributed by atoms with Crippen LogP contribution < -0.4 is 9.80 Å². The summed E-state index contributed by atoms with van der Waals surface area (Å²) in [6.45, 7) is 5.36. The Balaban J connectivity index is 1.56. The Kier molecular flexibility index (Phi) is 5.33. The van der Waals surface area contributed by atoms with Crippen molar-refractivity contribution in [3.63, 3.8) is 0 Å². The highest BCUT2D eigenvalue weighted by Gasteiger charge is 2.28. The maximum absolute atomic E-state index is 5.61. The van der Waals surface area contributed by atoms with Crippen molar-refractivity contribution in [3.05, 3.63) is 12.3 Å². The van der Waals surface area contributed by atoms with Crippen LogP contribution in [-0.2, 0) is 4.74 Å². The van der Waals surface area contributed by atoms with E-state index in [-0.39, 0.29) is 0 Å². The molecular weight excluding hydrogens is 290 g/mol. The van der Waals surface area contributed by atoms with E-state index in [1.165, 1.54) is 32.4 Å². The quantitative estimate of drug-likeness (QED) is 0.819. The molecule has 2 saturated heterocycles. The van der Waals surface area contributed by atoms with Crippen molar-refractivity contribution in [2.24, 2.45) is 5.92 Å². The van der Waals surface area contributed by atoms with Crippen LogP contribution in [0.25, 0.3) is 0 Å². The fourth-order valence-electron chi connectivity index (χ4n) is 3.55. The van der Waals surface area contributed by atoms with Crippen LogP contribution >= 0.6 is 0 Å². The lowest BCUT2D eigenvalue weighted by Crippen LogP contribution is -2.37. The lowest BCUT2D eigenvalue weighted by Gasteiger charge is -2.29. The zero-order chi connectivity index (χ0) is 16.2. The standard InChI is InChI=1S/C17H29N5O/c1-20(2)17-18-8-6-16(19-17)21(3)15-7-9-22(12-15)11-14-5-4-10-23-13-14/h6,8,14-15H,4-5,7,9-13H2,1-3H3. The molecule has 2 atom stereocenters. The monoisotopic (exact) mass is 319 g/mol. The van der Waals surface area contributed by atoms with Gasteiger partial charge in [0.1, 0.15) is 5.82 Å². The van der Waals surface area contributed by atoms with Crippen LogP contribution in [0.15, 0.2) is 12.3 Å². The first-order valence-electron chi connectivity index (χ1n) is 8.67. The van der Waals surface area contributed by atoms with Crippen molar-refractivity contribution < 1.29 is 4.74 Å². The van der Waals surface area contributed by atoms with Gasteiger partial charge in [0, 0.05) is 59.6 Å². The molecule has 3 heterocycles. The molecule has 0 amide bonds. The molecule has 0 spiro atoms. The summed E-state index contributed by atoms with van der Waals surface area (Å²) in [6.07, 6.45) is 5.58. The molecule has 6 nitrogen and oxygen atoms in total. The van der Waals surface area contributed by atoms with Gasteiger partial charge in [-0.15, -0.1) is 0 Å². The number of ether oxygens (including phenoxy) is 1. The zero-order valence-corrected chi connectivity index (χ0v) is 14.6. The highest BCUT2D eigenvalue weighted by Crippen LogP contribution is 2.23. The molecule has 128 valence electrons. The van der Waals surface area contributed by atoms with Crippen molar-refractivity contribution in [1.82, 2.24) is 14.9 Å². The van der Waals surface area contributed by atoms with Crippen LogP contribution in [0.2, 0.25) is 0 Å². The van der Waals surface area contributed by atoms with E-state index in [2.05, 4.69) is 26.8 Å². The highest BCUT2D eigenvalue weighted by molar-refractivity contribution is 5.43. The number of hydrogen-bond donors (Lipinski definition) is 0. The third-order valence-electron chi connectivity index (χ3n) is 4.96. The summed E-state index contributed by atoms with van der Waals surface area (Å²) in [5.41, 5.74) is 0. The summed E-state index contributed by atoms with van der Waals surface area (Å²) in [5, 5.41) is 0. The summed E-state index contributed by atoms with van der Waals surface area (Å²) < 4.78 is 5.61. The molecule has 1 aromatic heterocycles. The van der Waals surface area contributed by atoms with Crippen molar-refractivity contribution in [3.8, 4) is 0 Å². The van der Waals surface area contributed by atoms with Gasteiger partial charge < -0.3 is 19.4 Å². The Morgan fingerprint density at radius 2 is 2.17 bits per heavy atom. The minimum absolute atomic E-state index is 0.532. The first-order valence-corrected chi connectivity index (χ1v) is 8.67. The minimum atomic E-state index is 0.532. The second-order valence-electron chi connectivity index (χ2n) is 7.01. The fourth-order valence-corrected chi connectivity index (χ4v) is 3.55. The predicted octanol–water partition coefficient (Wildman–Crippen LogP) is 1.48. The summed E-state index contributed by atoms with van der Waals surface area (Å²) in [6, 6.07) is 2.54. The normalized spacial score (nSPS) is 25.5. The maximum atomic E-state index is 5.61. The number of likely N-dealkylation sites (N-methyl/N-ethyl adjacent to an activating group) is 1. The molecule has 0 N–H and O–H groups in total. The predicted molar refractivity (Wildman–Crippen MR) is 93.2 cm³/mol. The topological polar surface area (TPSA) is 44.7 Å². The van der Waals surface area contributed by atoms with Crippen LogP contribution in [0.5, 0.6) is 0 Å². The van der Waals surface area contributed by atoms with E-state index in [1.807, 2.05) is 31.3 Å². The van der Waals surface area contributed by atoms with Crippen LogP contribution in [0.1, 0.15) is 19.3 Å². The average molecular weight is 319 g/mol. The molecule has 3 rings (SSSR count). The average Bonchev–Trinajstić information content (AvgIpc) is 3.03. The number of aromatic nitrogens is 2. The Labute approximate surface area is 139 Å². The van der Waals surface area contributed by atoms with E-state index < -0.39 is 0 Å². The summed E-state index contributed by atoms with van der Waals surface area (Å²) in [4.78, 5) is 15.8. The van der Waals surface area contributed by atoms with E-state index in [0.29, 0.717) is 12.0 Å². The largest absolute Gasteiger partial charge is 0.381 e. The number of hydrogen-bond acceptors (Lipinski definition) is 6. The Bertz CT molecular complexity index is 504. The van der Waals surface area contributed by atoms with E-state index in [9.17, 15) is 0 Å². The SMILES string of the molecule is CN(C)c1nccc(N(C)C2CCN(CC3CCCOC3)C2)n1. The van der Waals surface area contributed by atoms with Crippen molar-refractivity contribution in [2.75, 3.05) is 63.8 Å². The summed E-state index contributed by atoms with van der Waals surface area (Å²) in [5.74, 6) is 2.49. The molecule has 0 aromatic carbocycles. The van der Waals surface area contributed by atoms with Gasteiger partial charge in [-0.3, -0.25) is 0 Å². The highest BCUT2D eigenvalue weighted by atomic mass is 16.5. The maximum Gasteiger partial charge on any atom is 0.226 e. The minimum Gasteiger partial charge on any atom is -0.381 e. The molecule has 0 radical (unpaired) electrons. The van der Waals surface area contributed by atoms with Crippen LogP contribution in [0.3, 0.4) is 0 Å². The first kappa shape index (κ1) is 16.5. The van der Waals surface area contributed by atoms with Crippen molar-refractivity contribution in [1.29, 1.82) is 0 Å². The van der Waals surface area contributed by atoms with Gasteiger partial charge >= 0.3 is 0 Å². The van der Waals surface area contributed by atoms with Gasteiger partial charge in [-0.05, 0) is 31.2 Å². The number of likely N-dealkylation sites (tertiary alicyclic amines) is 1. The van der Waals surface area contributed by atoms with Gasteiger partial charge in [0.25, 0.3) is 0 Å². The molecule has 0 bridgehead atoms. The van der Waals surface area contributed by atoms with Crippen LogP contribution in [-0.4, -0.2) is 74.9 Å². The van der Waals surface area contributed by atoms with Crippen molar-refractivity contribution in [2.45, 2.75) is 25.3 Å². The van der Waals surface area contributed by atoms with Gasteiger partial charge in [0.2, 0.25) is 5.95 Å². The van der Waals surface area contributed by atoms with Crippen LogP contribution in [0.4, 0.5) is 11.8 Å². The number of nitrogens with zero attached hydrogens (tertiary/aromatic N) is 5. The summed E-state index contributed by atoms with van der Waals surface area (Å²) in [7, 11) is 6.10. The van der Waals surface area contributed by atoms with Crippen LogP contribution in [0, 0.1) is 5.92 Å². The first-order chi connectivity index (χ1) is 11.1. The second kappa shape index (κ2) is 7.45. The van der Waals surface area contributed by atoms with E-state index in [1.54, 1.807) is 0 Å². The van der Waals surface area contributed by atoms with E-state index in [0.717, 1.165) is 31.5 Å². The van der Waals surface area contributed by atoms with E-state index >= 15 is 0 Å². The lowest BCUT2D eigenvalue weighted by molar-refractivity contribution is 0.0416. The van der Waals surface area contributed by atoms with Crippen molar-refractivity contribution >= 4 is 11.8 Å². The Hall–Kier alpha value is -1.40. The molecule has 23 heavy (non-hydrogen) atoms. The van der Waals surface area contributed by atoms with Gasteiger partial charge in [-0.25, -0.2) is 4.98 Å². The third kappa shape index (κ3) is 4.12. The summed E-state index contributed by atoms with van der Waals surface area (Å²) >= 11 is 0. The Morgan fingerprint density at radius 1 is 1.30 bits per heavy atom. The molecule has 0 aliphatic carbocycles. The molecule has 1 aromatic rings. The van der Waals surface area contributed by atoms with Gasteiger partial charge in [-0.1, -0.05) is 0 Å². The lowest BCUT2D eigenvalue weighted by atomic mass is 10.0.